The van der Waals surface area contributed by atoms with E-state index in [1.54, 1.807) is 0 Å². The van der Waals surface area contributed by atoms with Crippen LogP contribution in [0, 0.1) is 13.8 Å². The number of aromatic nitrogens is 2. The van der Waals surface area contributed by atoms with Gasteiger partial charge in [0.2, 0.25) is 0 Å². The molecule has 8 rings (SSSR count). The number of carbonyl (C=O) groups is 2. The van der Waals surface area contributed by atoms with Crippen molar-refractivity contribution < 1.29 is 14.7 Å². The fraction of sp³-hybridized carbons (Fsp3) is 0.455. The third-order valence-electron chi connectivity index (χ3n) is 12.0. The van der Waals surface area contributed by atoms with E-state index in [9.17, 15) is 14.7 Å². The highest BCUT2D eigenvalue weighted by Gasteiger charge is 2.31. The van der Waals surface area contributed by atoms with Gasteiger partial charge in [-0.25, -0.2) is 0 Å². The number of benzene rings is 2. The number of rotatable bonds is 11. The molecule has 2 aliphatic carbocycles. The van der Waals surface area contributed by atoms with Crippen molar-refractivity contribution in [1.82, 2.24) is 19.8 Å². The van der Waals surface area contributed by atoms with Crippen molar-refractivity contribution >= 4 is 23.2 Å². The molecule has 4 fully saturated rings. The molecule has 53 heavy (non-hydrogen) atoms. The first-order valence-electron chi connectivity index (χ1n) is 19.7. The Hall–Kier alpha value is -4.44. The number of nitrogens with one attached hydrogen (secondary N) is 2. The lowest BCUT2D eigenvalue weighted by Gasteiger charge is -2.33. The number of carbonyl (C=O) groups excluding carboxylic acids is 2. The van der Waals surface area contributed by atoms with E-state index in [2.05, 4.69) is 49.5 Å². The average Bonchev–Trinajstić information content (AvgIpc) is 4.10. The first-order chi connectivity index (χ1) is 25.7. The largest absolute Gasteiger partial charge is 0.392 e. The molecule has 9 nitrogen and oxygen atoms in total. The second-order valence-electron chi connectivity index (χ2n) is 15.9. The molecule has 4 heterocycles. The summed E-state index contributed by atoms with van der Waals surface area (Å²) in [7, 11) is 0. The third-order valence-corrected chi connectivity index (χ3v) is 12.0. The van der Waals surface area contributed by atoms with Crippen LogP contribution in [0.25, 0.3) is 11.1 Å². The van der Waals surface area contributed by atoms with Gasteiger partial charge in [-0.1, -0.05) is 30.7 Å². The van der Waals surface area contributed by atoms with Crippen LogP contribution in [0.5, 0.6) is 0 Å². The molecule has 276 valence electrons. The van der Waals surface area contributed by atoms with Crippen LogP contribution in [0.3, 0.4) is 0 Å². The minimum absolute atomic E-state index is 0.204. The Labute approximate surface area is 313 Å². The van der Waals surface area contributed by atoms with E-state index in [1.807, 2.05) is 62.6 Å². The number of β-amino-alcohol motifs (C(OH)–C–C–N with tert-alkyl or cyclic N) is 1. The molecule has 2 atom stereocenters. The molecule has 0 spiro atoms. The van der Waals surface area contributed by atoms with Crippen molar-refractivity contribution in [3.8, 4) is 11.1 Å². The van der Waals surface area contributed by atoms with Gasteiger partial charge >= 0.3 is 0 Å². The van der Waals surface area contributed by atoms with Crippen molar-refractivity contribution in [2.75, 3.05) is 30.3 Å². The monoisotopic (exact) mass is 712 g/mol. The quantitative estimate of drug-likeness (QED) is 0.145. The van der Waals surface area contributed by atoms with E-state index in [4.69, 9.17) is 0 Å². The lowest BCUT2D eigenvalue weighted by molar-refractivity contribution is 0.101. The molecule has 2 amide bonds. The molecule has 2 aliphatic heterocycles. The molecule has 2 saturated carbocycles. The Balaban J connectivity index is 0.979. The summed E-state index contributed by atoms with van der Waals surface area (Å²) in [6, 6.07) is 16.5. The molecule has 2 aromatic heterocycles. The van der Waals surface area contributed by atoms with Gasteiger partial charge in [0.1, 0.15) is 11.4 Å². The minimum Gasteiger partial charge on any atom is -0.392 e. The van der Waals surface area contributed by atoms with Crippen LogP contribution >= 0.6 is 0 Å². The van der Waals surface area contributed by atoms with Crippen LogP contribution < -0.4 is 10.6 Å². The molecular formula is C44H52N6O3. The van der Waals surface area contributed by atoms with Crippen LogP contribution in [0.1, 0.15) is 124 Å². The van der Waals surface area contributed by atoms with Crippen molar-refractivity contribution in [1.29, 1.82) is 0 Å². The second-order valence-corrected chi connectivity index (χ2v) is 15.9. The molecule has 4 aliphatic rings. The van der Waals surface area contributed by atoms with Crippen molar-refractivity contribution in [2.45, 2.75) is 109 Å². The standard InChI is InChI=1S/C44H52N6O3/c1-27-8-4-5-18-50(27)25-33-23-46-42(21-38(33)31-15-16-31)44(53)48-40-12-7-10-36(29(40)3)35-9-6-11-39(28(35)2)47-43(52)41-20-37(30-13-14-30)32(22-45-41)24-49-19-17-34(51)26-49/h6-7,9-12,20-23,27,30-31,34,51H,4-5,8,13-19,24-26H2,1-3H3,(H,47,52)(H,48,53)/t27-,34?/m1/s1. The van der Waals surface area contributed by atoms with Gasteiger partial charge in [-0.2, -0.15) is 0 Å². The van der Waals surface area contributed by atoms with Gasteiger partial charge in [-0.15, -0.1) is 0 Å². The summed E-state index contributed by atoms with van der Waals surface area (Å²) in [5, 5.41) is 16.3. The van der Waals surface area contributed by atoms with Gasteiger partial charge in [-0.3, -0.25) is 29.4 Å². The fourth-order valence-electron chi connectivity index (χ4n) is 8.37. The number of hydrogen-bond donors (Lipinski definition) is 3. The molecule has 2 saturated heterocycles. The zero-order valence-electron chi connectivity index (χ0n) is 31.3. The van der Waals surface area contributed by atoms with E-state index < -0.39 is 0 Å². The topological polar surface area (TPSA) is 111 Å². The number of likely N-dealkylation sites (tertiary alicyclic amines) is 2. The number of pyridine rings is 2. The van der Waals surface area contributed by atoms with Gasteiger partial charge < -0.3 is 15.7 Å². The number of amides is 2. The number of piperidine rings is 1. The van der Waals surface area contributed by atoms with Crippen LogP contribution in [-0.4, -0.2) is 68.5 Å². The predicted octanol–water partition coefficient (Wildman–Crippen LogP) is 7.96. The highest BCUT2D eigenvalue weighted by molar-refractivity contribution is 6.05. The summed E-state index contributed by atoms with van der Waals surface area (Å²) in [6.07, 6.45) is 12.7. The molecule has 3 N–H and O–H groups in total. The van der Waals surface area contributed by atoms with E-state index in [0.717, 1.165) is 84.6 Å². The number of nitrogens with zero attached hydrogens (tertiary/aromatic N) is 4. The number of aliphatic hydroxyl groups is 1. The summed E-state index contributed by atoms with van der Waals surface area (Å²) in [6.45, 7) is 10.7. The van der Waals surface area contributed by atoms with Gasteiger partial charge in [0.05, 0.1) is 6.10 Å². The first kappa shape index (κ1) is 35.6. The maximum Gasteiger partial charge on any atom is 0.274 e. The van der Waals surface area contributed by atoms with E-state index in [0.29, 0.717) is 35.8 Å². The molecule has 9 heteroatoms. The van der Waals surface area contributed by atoms with Gasteiger partial charge in [0.25, 0.3) is 11.8 Å². The third kappa shape index (κ3) is 7.93. The van der Waals surface area contributed by atoms with Crippen LogP contribution in [0.15, 0.2) is 60.9 Å². The highest BCUT2D eigenvalue weighted by atomic mass is 16.3. The molecule has 0 bridgehead atoms. The fourth-order valence-corrected chi connectivity index (χ4v) is 8.37. The highest BCUT2D eigenvalue weighted by Crippen LogP contribution is 2.43. The number of aliphatic hydroxyl groups excluding tert-OH is 1. The van der Waals surface area contributed by atoms with Gasteiger partial charge in [0.15, 0.2) is 0 Å². The predicted molar refractivity (Wildman–Crippen MR) is 209 cm³/mol. The summed E-state index contributed by atoms with van der Waals surface area (Å²) in [5.41, 5.74) is 11.1. The zero-order valence-corrected chi connectivity index (χ0v) is 31.3. The summed E-state index contributed by atoms with van der Waals surface area (Å²) in [5.74, 6) is 0.551. The molecule has 4 aromatic rings. The van der Waals surface area contributed by atoms with Gasteiger partial charge in [-0.05, 0) is 153 Å². The maximum absolute atomic E-state index is 13.7. The maximum atomic E-state index is 13.7. The Bertz CT molecular complexity index is 2020. The van der Waals surface area contributed by atoms with Crippen LogP contribution in [0.4, 0.5) is 11.4 Å². The summed E-state index contributed by atoms with van der Waals surface area (Å²) >= 11 is 0. The molecular weight excluding hydrogens is 661 g/mol. The lowest BCUT2D eigenvalue weighted by Crippen LogP contribution is -2.37. The van der Waals surface area contributed by atoms with Crippen molar-refractivity contribution in [2.24, 2.45) is 0 Å². The van der Waals surface area contributed by atoms with Crippen LogP contribution in [-0.2, 0) is 13.1 Å². The number of anilines is 2. The Kier molecular flexibility index (Phi) is 10.2. The number of hydrogen-bond acceptors (Lipinski definition) is 7. The van der Waals surface area contributed by atoms with E-state index >= 15 is 0 Å². The minimum atomic E-state index is -0.264. The zero-order chi connectivity index (χ0) is 36.6. The SMILES string of the molecule is Cc1c(NC(=O)c2cc(C3CC3)c(CN3CCC(O)C3)cn2)cccc1-c1cccc(NC(=O)c2cc(C3CC3)c(CN3CCCC[C@H]3C)cn2)c1C. The Morgan fingerprint density at radius 3 is 1.77 bits per heavy atom. The van der Waals surface area contributed by atoms with Crippen LogP contribution in [0.2, 0.25) is 0 Å². The van der Waals surface area contributed by atoms with E-state index in [1.165, 1.54) is 48.8 Å². The molecule has 0 radical (unpaired) electrons. The van der Waals surface area contributed by atoms with Crippen molar-refractivity contribution in [3.63, 3.8) is 0 Å². The Morgan fingerprint density at radius 2 is 1.28 bits per heavy atom. The lowest BCUT2D eigenvalue weighted by atomic mass is 9.94. The summed E-state index contributed by atoms with van der Waals surface area (Å²) in [4.78, 5) is 41.4. The second kappa shape index (κ2) is 15.1. The molecule has 1 unspecified atom stereocenters. The molecule has 2 aromatic carbocycles. The summed E-state index contributed by atoms with van der Waals surface area (Å²) < 4.78 is 0. The first-order valence-corrected chi connectivity index (χ1v) is 19.7. The smallest absolute Gasteiger partial charge is 0.274 e. The average molecular weight is 713 g/mol. The van der Waals surface area contributed by atoms with Gasteiger partial charge in [0, 0.05) is 56.0 Å². The van der Waals surface area contributed by atoms with E-state index in [-0.39, 0.29) is 17.9 Å². The normalized spacial score (nSPS) is 20.8. The Morgan fingerprint density at radius 1 is 0.736 bits per heavy atom. The van der Waals surface area contributed by atoms with Crippen molar-refractivity contribution in [3.05, 3.63) is 106 Å².